The summed E-state index contributed by atoms with van der Waals surface area (Å²) in [5, 5.41) is 0. The highest BCUT2D eigenvalue weighted by molar-refractivity contribution is 5.83. The van der Waals surface area contributed by atoms with Gasteiger partial charge in [-0.25, -0.2) is 0 Å². The summed E-state index contributed by atoms with van der Waals surface area (Å²) in [6, 6.07) is 13.2. The van der Waals surface area contributed by atoms with E-state index < -0.39 is 0 Å². The fourth-order valence-electron chi connectivity index (χ4n) is 3.58. The van der Waals surface area contributed by atoms with Crippen LogP contribution in [0.1, 0.15) is 37.8 Å². The molecule has 0 unspecified atom stereocenters. The number of aryl methyl sites for hydroxylation is 1. The van der Waals surface area contributed by atoms with Crippen molar-refractivity contribution in [3.8, 4) is 11.3 Å². The van der Waals surface area contributed by atoms with Crippen LogP contribution in [0.4, 0.5) is 0 Å². The van der Waals surface area contributed by atoms with Crippen LogP contribution in [-0.4, -0.2) is 0 Å². The molecule has 1 aliphatic heterocycles. The minimum absolute atomic E-state index is 0.0113. The Kier molecular flexibility index (Phi) is 3.01. The molecule has 0 radical (unpaired) electrons. The summed E-state index contributed by atoms with van der Waals surface area (Å²) < 4.78 is 2.42. The Morgan fingerprint density at radius 1 is 1.05 bits per heavy atom. The molecule has 0 aliphatic carbocycles. The maximum absolute atomic E-state index is 4.47. The fraction of sp³-hybridized carbons (Fsp3) is 0.316. The molecule has 1 nitrogen and oxygen atoms in total. The van der Waals surface area contributed by atoms with E-state index in [-0.39, 0.29) is 5.54 Å². The molecule has 0 saturated carbocycles. The second-order valence-electron chi connectivity index (χ2n) is 5.72. The van der Waals surface area contributed by atoms with E-state index in [1.807, 2.05) is 0 Å². The number of rotatable bonds is 2. The van der Waals surface area contributed by atoms with E-state index in [0.29, 0.717) is 0 Å². The molecule has 2 heterocycles. The van der Waals surface area contributed by atoms with Crippen LogP contribution in [0.5, 0.6) is 0 Å². The zero-order valence-corrected chi connectivity index (χ0v) is 12.6. The lowest BCUT2D eigenvalue weighted by molar-refractivity contribution is -0.741. The Morgan fingerprint density at radius 2 is 1.80 bits per heavy atom. The second-order valence-corrected chi connectivity index (χ2v) is 5.72. The molecule has 0 fully saturated rings. The lowest BCUT2D eigenvalue weighted by Gasteiger charge is -2.34. The number of fused-ring (bicyclic) bond motifs is 3. The number of hydrogen-bond acceptors (Lipinski definition) is 0. The highest BCUT2D eigenvalue weighted by Crippen LogP contribution is 2.43. The van der Waals surface area contributed by atoms with E-state index in [4.69, 9.17) is 0 Å². The van der Waals surface area contributed by atoms with Gasteiger partial charge in [0.25, 0.3) is 0 Å². The van der Waals surface area contributed by atoms with Crippen molar-refractivity contribution in [2.45, 2.75) is 39.2 Å². The number of hydrogen-bond donors (Lipinski definition) is 0. The first-order chi connectivity index (χ1) is 9.64. The summed E-state index contributed by atoms with van der Waals surface area (Å²) in [5.74, 6) is 0. The Balaban J connectivity index is 2.39. The van der Waals surface area contributed by atoms with Gasteiger partial charge in [-0.15, -0.1) is 0 Å². The molecule has 20 heavy (non-hydrogen) atoms. The van der Waals surface area contributed by atoms with Crippen molar-refractivity contribution < 1.29 is 4.57 Å². The number of nitrogens with zero attached hydrogens (tertiary/aromatic N) is 1. The predicted molar refractivity (Wildman–Crippen MR) is 84.4 cm³/mol. The predicted octanol–water partition coefficient (Wildman–Crippen LogP) is 4.49. The standard InChI is InChI=1S/C19H22N/c1-5-19(6-2)15(4)17-13-14(3)10-11-16(17)18-9-7-8-12-20(18)19/h7-13H,4-6H2,1-3H3/q+1. The van der Waals surface area contributed by atoms with Crippen LogP contribution in [0, 0.1) is 6.92 Å². The van der Waals surface area contributed by atoms with Crippen molar-refractivity contribution in [3.05, 3.63) is 60.3 Å². The lowest BCUT2D eigenvalue weighted by atomic mass is 9.75. The summed E-state index contributed by atoms with van der Waals surface area (Å²) in [7, 11) is 0. The van der Waals surface area contributed by atoms with E-state index in [9.17, 15) is 0 Å². The molecule has 0 amide bonds. The Hall–Kier alpha value is -1.89. The molecule has 1 aromatic carbocycles. The van der Waals surface area contributed by atoms with Gasteiger partial charge in [0.15, 0.2) is 11.7 Å². The molecule has 102 valence electrons. The number of aromatic nitrogens is 1. The smallest absolute Gasteiger partial charge is 0.189 e. The van der Waals surface area contributed by atoms with Crippen LogP contribution >= 0.6 is 0 Å². The van der Waals surface area contributed by atoms with E-state index in [0.717, 1.165) is 12.8 Å². The zero-order chi connectivity index (χ0) is 14.3. The van der Waals surface area contributed by atoms with E-state index in [2.05, 4.69) is 74.5 Å². The van der Waals surface area contributed by atoms with Gasteiger partial charge in [0.2, 0.25) is 5.69 Å². The Morgan fingerprint density at radius 3 is 2.50 bits per heavy atom. The van der Waals surface area contributed by atoms with Crippen molar-refractivity contribution in [3.63, 3.8) is 0 Å². The van der Waals surface area contributed by atoms with Gasteiger partial charge in [0.05, 0.1) is 5.56 Å². The highest BCUT2D eigenvalue weighted by atomic mass is 15.1. The van der Waals surface area contributed by atoms with Gasteiger partial charge in [-0.1, -0.05) is 38.1 Å². The van der Waals surface area contributed by atoms with Crippen LogP contribution in [-0.2, 0) is 5.54 Å². The van der Waals surface area contributed by atoms with Gasteiger partial charge >= 0.3 is 0 Å². The van der Waals surface area contributed by atoms with E-state index >= 15 is 0 Å². The van der Waals surface area contributed by atoms with Crippen LogP contribution < -0.4 is 4.57 Å². The van der Waals surface area contributed by atoms with Crippen molar-refractivity contribution in [2.75, 3.05) is 0 Å². The normalized spacial score (nSPS) is 15.7. The molecule has 0 spiro atoms. The van der Waals surface area contributed by atoms with Crippen LogP contribution in [0.25, 0.3) is 16.8 Å². The molecule has 0 saturated heterocycles. The summed E-state index contributed by atoms with van der Waals surface area (Å²) >= 11 is 0. The summed E-state index contributed by atoms with van der Waals surface area (Å²) in [4.78, 5) is 0. The molecular formula is C19H22N+. The van der Waals surface area contributed by atoms with Crippen molar-refractivity contribution in [1.82, 2.24) is 0 Å². The molecule has 1 aromatic heterocycles. The van der Waals surface area contributed by atoms with Crippen molar-refractivity contribution in [2.24, 2.45) is 0 Å². The van der Waals surface area contributed by atoms with Crippen LogP contribution in [0.3, 0.4) is 0 Å². The third-order valence-corrected chi connectivity index (χ3v) is 4.83. The molecule has 1 aliphatic rings. The van der Waals surface area contributed by atoms with Crippen molar-refractivity contribution >= 4 is 5.57 Å². The van der Waals surface area contributed by atoms with E-state index in [1.54, 1.807) is 0 Å². The third-order valence-electron chi connectivity index (χ3n) is 4.83. The molecule has 0 N–H and O–H groups in total. The van der Waals surface area contributed by atoms with Gasteiger partial charge in [-0.3, -0.25) is 0 Å². The monoisotopic (exact) mass is 264 g/mol. The molecule has 3 rings (SSSR count). The van der Waals surface area contributed by atoms with Gasteiger partial charge in [-0.05, 0) is 24.6 Å². The molecule has 1 heteroatoms. The van der Waals surface area contributed by atoms with Gasteiger partial charge in [-0.2, -0.15) is 4.57 Å². The average Bonchev–Trinajstić information content (AvgIpc) is 2.49. The summed E-state index contributed by atoms with van der Waals surface area (Å²) in [6.45, 7) is 11.1. The molecule has 0 atom stereocenters. The Bertz CT molecular complexity index is 678. The molecule has 2 aromatic rings. The number of pyridine rings is 1. The fourth-order valence-corrected chi connectivity index (χ4v) is 3.58. The topological polar surface area (TPSA) is 3.88 Å². The first-order valence-electron chi connectivity index (χ1n) is 7.46. The maximum atomic E-state index is 4.47. The first-order valence-corrected chi connectivity index (χ1v) is 7.46. The number of benzene rings is 1. The van der Waals surface area contributed by atoms with Gasteiger partial charge < -0.3 is 0 Å². The highest BCUT2D eigenvalue weighted by Gasteiger charge is 2.46. The maximum Gasteiger partial charge on any atom is 0.213 e. The Labute approximate surface area is 121 Å². The van der Waals surface area contributed by atoms with E-state index in [1.165, 1.54) is 28.0 Å². The number of allylic oxidation sites excluding steroid dienone is 1. The quantitative estimate of drug-likeness (QED) is 0.704. The average molecular weight is 264 g/mol. The minimum Gasteiger partial charge on any atom is -0.189 e. The molecule has 0 bridgehead atoms. The van der Waals surface area contributed by atoms with Crippen molar-refractivity contribution in [1.29, 1.82) is 0 Å². The van der Waals surface area contributed by atoms with Crippen LogP contribution in [0.2, 0.25) is 0 Å². The molecular weight excluding hydrogens is 242 g/mol. The third kappa shape index (κ3) is 1.59. The lowest BCUT2D eigenvalue weighted by Crippen LogP contribution is -2.59. The minimum atomic E-state index is 0.0113. The largest absolute Gasteiger partial charge is 0.213 e. The SMILES string of the molecule is C=C1c2cc(C)ccc2-c2cccc[n+]2C1(CC)CC. The first kappa shape index (κ1) is 13.1. The van der Waals surface area contributed by atoms with Gasteiger partial charge in [0, 0.05) is 30.5 Å². The summed E-state index contributed by atoms with van der Waals surface area (Å²) in [5.41, 5.74) is 6.50. The summed E-state index contributed by atoms with van der Waals surface area (Å²) in [6.07, 6.45) is 4.34. The van der Waals surface area contributed by atoms with Gasteiger partial charge in [0.1, 0.15) is 0 Å². The van der Waals surface area contributed by atoms with Crippen LogP contribution in [0.15, 0.2) is 49.2 Å². The second kappa shape index (κ2) is 4.59. The zero-order valence-electron chi connectivity index (χ0n) is 12.6.